The highest BCUT2D eigenvalue weighted by molar-refractivity contribution is 5.95. The predicted molar refractivity (Wildman–Crippen MR) is 62.6 cm³/mol. The number of carboxylic acids is 1. The maximum atomic E-state index is 11.9. The molecule has 20 heavy (non-hydrogen) atoms. The van der Waals surface area contributed by atoms with Crippen molar-refractivity contribution in [2.45, 2.75) is 6.18 Å². The van der Waals surface area contributed by atoms with Crippen LogP contribution in [-0.2, 0) is 4.79 Å². The van der Waals surface area contributed by atoms with Crippen molar-refractivity contribution in [3.63, 3.8) is 0 Å². The molecule has 1 N–H and O–H groups in total. The van der Waals surface area contributed by atoms with Gasteiger partial charge in [-0.2, -0.15) is 13.2 Å². The average Bonchev–Trinajstić information content (AvgIpc) is 2.34. The molecule has 1 aromatic rings. The van der Waals surface area contributed by atoms with Crippen LogP contribution in [0.2, 0.25) is 0 Å². The van der Waals surface area contributed by atoms with E-state index >= 15 is 0 Å². The van der Waals surface area contributed by atoms with Crippen LogP contribution in [0.4, 0.5) is 13.2 Å². The summed E-state index contributed by atoms with van der Waals surface area (Å²) in [6.07, 6.45) is -4.43. The number of rotatable bonds is 5. The number of nitrogens with zero attached hydrogens (tertiary/aromatic N) is 1. The normalized spacial score (nSPS) is 11.0. The Balaban J connectivity index is 2.66. The summed E-state index contributed by atoms with van der Waals surface area (Å²) >= 11 is 0. The van der Waals surface area contributed by atoms with E-state index in [4.69, 9.17) is 5.11 Å². The standard InChI is InChI=1S/C12H12F3NO4/c1-16(6-10(17)18)11(19)8-2-4-9(5-3-8)20-7-12(13,14)15/h2-5H,6-7H2,1H3,(H,17,18). The summed E-state index contributed by atoms with van der Waals surface area (Å²) in [6.45, 7) is -1.88. The number of aliphatic carboxylic acids is 1. The third-order valence-corrected chi connectivity index (χ3v) is 2.22. The Morgan fingerprint density at radius 2 is 1.80 bits per heavy atom. The lowest BCUT2D eigenvalue weighted by Crippen LogP contribution is -2.31. The highest BCUT2D eigenvalue weighted by atomic mass is 19.4. The average molecular weight is 291 g/mol. The van der Waals surface area contributed by atoms with E-state index in [2.05, 4.69) is 4.74 Å². The van der Waals surface area contributed by atoms with Gasteiger partial charge in [-0.1, -0.05) is 0 Å². The van der Waals surface area contributed by atoms with Gasteiger partial charge in [0.15, 0.2) is 6.61 Å². The molecule has 0 atom stereocenters. The number of halogens is 3. The van der Waals surface area contributed by atoms with Gasteiger partial charge < -0.3 is 14.7 Å². The van der Waals surface area contributed by atoms with Crippen LogP contribution >= 0.6 is 0 Å². The lowest BCUT2D eigenvalue weighted by Gasteiger charge is -2.15. The fourth-order valence-electron chi connectivity index (χ4n) is 1.35. The summed E-state index contributed by atoms with van der Waals surface area (Å²) in [6, 6.07) is 4.97. The SMILES string of the molecule is CN(CC(=O)O)C(=O)c1ccc(OCC(F)(F)F)cc1. The maximum Gasteiger partial charge on any atom is 0.422 e. The van der Waals surface area contributed by atoms with Crippen LogP contribution in [0.15, 0.2) is 24.3 Å². The molecule has 0 unspecified atom stereocenters. The zero-order valence-corrected chi connectivity index (χ0v) is 10.5. The Bertz CT molecular complexity index is 484. The molecule has 1 rings (SSSR count). The zero-order valence-electron chi connectivity index (χ0n) is 10.5. The molecule has 0 saturated heterocycles. The number of benzene rings is 1. The van der Waals surface area contributed by atoms with Crippen molar-refractivity contribution >= 4 is 11.9 Å². The number of likely N-dealkylation sites (N-methyl/N-ethyl adjacent to an activating group) is 1. The summed E-state index contributed by atoms with van der Waals surface area (Å²) in [5, 5.41) is 8.55. The van der Waals surface area contributed by atoms with Gasteiger partial charge in [-0.05, 0) is 24.3 Å². The first-order chi connectivity index (χ1) is 9.19. The number of hydrogen-bond acceptors (Lipinski definition) is 3. The number of carbonyl (C=O) groups is 2. The minimum atomic E-state index is -4.43. The van der Waals surface area contributed by atoms with Gasteiger partial charge in [0.25, 0.3) is 5.91 Å². The van der Waals surface area contributed by atoms with E-state index in [1.807, 2.05) is 0 Å². The molecule has 0 aliphatic carbocycles. The Labute approximate surface area is 112 Å². The van der Waals surface area contributed by atoms with Crippen molar-refractivity contribution in [2.24, 2.45) is 0 Å². The Morgan fingerprint density at radius 3 is 2.25 bits per heavy atom. The number of alkyl halides is 3. The zero-order chi connectivity index (χ0) is 15.3. The first-order valence-electron chi connectivity index (χ1n) is 5.46. The Kier molecular flexibility index (Phi) is 4.95. The molecule has 0 heterocycles. The molecule has 0 bridgehead atoms. The lowest BCUT2D eigenvalue weighted by molar-refractivity contribution is -0.153. The van der Waals surface area contributed by atoms with E-state index in [0.717, 1.165) is 4.90 Å². The van der Waals surface area contributed by atoms with Gasteiger partial charge in [0.05, 0.1) is 0 Å². The molecular weight excluding hydrogens is 279 g/mol. The van der Waals surface area contributed by atoms with E-state index < -0.39 is 31.2 Å². The summed E-state index contributed by atoms with van der Waals surface area (Å²) in [4.78, 5) is 23.2. The maximum absolute atomic E-state index is 11.9. The summed E-state index contributed by atoms with van der Waals surface area (Å²) in [7, 11) is 1.31. The van der Waals surface area contributed by atoms with E-state index in [1.54, 1.807) is 0 Å². The topological polar surface area (TPSA) is 66.8 Å². The van der Waals surface area contributed by atoms with Gasteiger partial charge in [0.2, 0.25) is 0 Å². The van der Waals surface area contributed by atoms with Gasteiger partial charge in [-0.3, -0.25) is 9.59 Å². The van der Waals surface area contributed by atoms with E-state index in [-0.39, 0.29) is 11.3 Å². The molecule has 0 aromatic heterocycles. The Morgan fingerprint density at radius 1 is 1.25 bits per heavy atom. The van der Waals surface area contributed by atoms with Crippen LogP contribution in [0.3, 0.4) is 0 Å². The highest BCUT2D eigenvalue weighted by Gasteiger charge is 2.28. The van der Waals surface area contributed by atoms with Gasteiger partial charge in [-0.15, -0.1) is 0 Å². The van der Waals surface area contributed by atoms with Crippen molar-refractivity contribution in [2.75, 3.05) is 20.2 Å². The smallest absolute Gasteiger partial charge is 0.422 e. The van der Waals surface area contributed by atoms with Gasteiger partial charge in [-0.25, -0.2) is 0 Å². The van der Waals surface area contributed by atoms with Crippen molar-refractivity contribution in [3.8, 4) is 5.75 Å². The number of carbonyl (C=O) groups excluding carboxylic acids is 1. The third kappa shape index (κ3) is 5.17. The van der Waals surface area contributed by atoms with E-state index in [1.165, 1.54) is 31.3 Å². The molecule has 5 nitrogen and oxygen atoms in total. The Hall–Kier alpha value is -2.25. The lowest BCUT2D eigenvalue weighted by atomic mass is 10.2. The van der Waals surface area contributed by atoms with Crippen LogP contribution in [0.25, 0.3) is 0 Å². The summed E-state index contributed by atoms with van der Waals surface area (Å²) in [5.74, 6) is -1.74. The van der Waals surface area contributed by atoms with E-state index in [9.17, 15) is 22.8 Å². The van der Waals surface area contributed by atoms with Crippen molar-refractivity contribution in [1.29, 1.82) is 0 Å². The fourth-order valence-corrected chi connectivity index (χ4v) is 1.35. The molecule has 1 aromatic carbocycles. The quantitative estimate of drug-likeness (QED) is 0.898. The molecule has 0 fully saturated rings. The van der Waals surface area contributed by atoms with Crippen molar-refractivity contribution < 1.29 is 32.6 Å². The second-order valence-corrected chi connectivity index (χ2v) is 3.98. The van der Waals surface area contributed by atoms with Crippen LogP contribution in [-0.4, -0.2) is 48.3 Å². The molecule has 0 aliphatic rings. The minimum Gasteiger partial charge on any atom is -0.484 e. The minimum absolute atomic E-state index is 0.0280. The molecule has 0 saturated carbocycles. The second kappa shape index (κ2) is 6.27. The van der Waals surface area contributed by atoms with Crippen LogP contribution in [0.1, 0.15) is 10.4 Å². The molecule has 0 spiro atoms. The summed E-state index contributed by atoms with van der Waals surface area (Å²) < 4.78 is 40.3. The molecular formula is C12H12F3NO4. The van der Waals surface area contributed by atoms with Crippen LogP contribution in [0, 0.1) is 0 Å². The highest BCUT2D eigenvalue weighted by Crippen LogP contribution is 2.19. The van der Waals surface area contributed by atoms with Gasteiger partial charge >= 0.3 is 12.1 Å². The summed E-state index contributed by atoms with van der Waals surface area (Å²) in [5.41, 5.74) is 0.160. The first-order valence-corrected chi connectivity index (χ1v) is 5.46. The first kappa shape index (κ1) is 15.8. The molecule has 0 aliphatic heterocycles. The monoisotopic (exact) mass is 291 g/mol. The largest absolute Gasteiger partial charge is 0.484 e. The van der Waals surface area contributed by atoms with Crippen molar-refractivity contribution in [3.05, 3.63) is 29.8 Å². The number of amides is 1. The van der Waals surface area contributed by atoms with Crippen LogP contribution < -0.4 is 4.74 Å². The third-order valence-electron chi connectivity index (χ3n) is 2.22. The number of ether oxygens (including phenoxy) is 1. The van der Waals surface area contributed by atoms with Crippen molar-refractivity contribution in [1.82, 2.24) is 4.90 Å². The van der Waals surface area contributed by atoms with Gasteiger partial charge in [0.1, 0.15) is 12.3 Å². The second-order valence-electron chi connectivity index (χ2n) is 3.98. The number of hydrogen-bond donors (Lipinski definition) is 1. The van der Waals surface area contributed by atoms with E-state index in [0.29, 0.717) is 0 Å². The predicted octanol–water partition coefficient (Wildman–Crippen LogP) is 1.78. The molecule has 0 radical (unpaired) electrons. The fraction of sp³-hybridized carbons (Fsp3) is 0.333. The van der Waals surface area contributed by atoms with Gasteiger partial charge in [0, 0.05) is 12.6 Å². The van der Waals surface area contributed by atoms with Crippen LogP contribution in [0.5, 0.6) is 5.75 Å². The molecule has 110 valence electrons. The molecule has 1 amide bonds. The molecule has 8 heteroatoms. The number of carboxylic acid groups (broad SMARTS) is 1.